The average molecular weight is 411 g/mol. The van der Waals surface area contributed by atoms with Crippen LogP contribution < -0.4 is 11.0 Å². The van der Waals surface area contributed by atoms with Crippen molar-refractivity contribution in [2.75, 3.05) is 13.1 Å². The number of pyridine rings is 1. The quantitative estimate of drug-likeness (QED) is 0.556. The number of hydrogen-bond donors (Lipinski definition) is 1. The Bertz CT molecular complexity index is 1190. The van der Waals surface area contributed by atoms with E-state index in [1.807, 2.05) is 41.0 Å². The van der Waals surface area contributed by atoms with E-state index in [2.05, 4.69) is 10.3 Å². The molecule has 0 saturated carbocycles. The standard InChI is InChI=1S/C22H19FN4O.ClH/c23-17-7-3-15(4-8-17)16-5-9-18(10-6-16)26-20-2-1-12-25-21(20)27(22(26)28)19-11-13-24-14-19;/h1-10,12,19,24H,11,13-14H2;1H. The average Bonchev–Trinajstić information content (AvgIpc) is 3.34. The lowest BCUT2D eigenvalue weighted by Gasteiger charge is -2.09. The predicted molar refractivity (Wildman–Crippen MR) is 114 cm³/mol. The van der Waals surface area contributed by atoms with Crippen LogP contribution in [0.25, 0.3) is 28.0 Å². The van der Waals surface area contributed by atoms with Crippen molar-refractivity contribution in [3.63, 3.8) is 0 Å². The van der Waals surface area contributed by atoms with Gasteiger partial charge in [0.15, 0.2) is 5.65 Å². The molecule has 29 heavy (non-hydrogen) atoms. The van der Waals surface area contributed by atoms with E-state index in [0.29, 0.717) is 5.65 Å². The number of nitrogens with one attached hydrogen (secondary N) is 1. The molecule has 5 rings (SSSR count). The first kappa shape index (κ1) is 19.4. The van der Waals surface area contributed by atoms with Crippen LogP contribution in [0.3, 0.4) is 0 Å². The first-order valence-corrected chi connectivity index (χ1v) is 9.37. The lowest BCUT2D eigenvalue weighted by atomic mass is 10.1. The molecule has 7 heteroatoms. The van der Waals surface area contributed by atoms with Gasteiger partial charge in [0.2, 0.25) is 0 Å². The summed E-state index contributed by atoms with van der Waals surface area (Å²) in [4.78, 5) is 17.8. The van der Waals surface area contributed by atoms with Crippen LogP contribution in [-0.4, -0.2) is 27.2 Å². The summed E-state index contributed by atoms with van der Waals surface area (Å²) < 4.78 is 16.7. The molecule has 2 aromatic heterocycles. The summed E-state index contributed by atoms with van der Waals surface area (Å²) in [7, 11) is 0. The van der Waals surface area contributed by atoms with E-state index < -0.39 is 0 Å². The second-order valence-corrected chi connectivity index (χ2v) is 7.03. The number of halogens is 2. The number of hydrogen-bond acceptors (Lipinski definition) is 3. The van der Waals surface area contributed by atoms with Gasteiger partial charge in [-0.1, -0.05) is 24.3 Å². The molecule has 1 aliphatic heterocycles. The van der Waals surface area contributed by atoms with Crippen LogP contribution in [0.2, 0.25) is 0 Å². The van der Waals surface area contributed by atoms with Crippen LogP contribution in [0, 0.1) is 5.82 Å². The highest BCUT2D eigenvalue weighted by atomic mass is 35.5. The maximum Gasteiger partial charge on any atom is 0.335 e. The van der Waals surface area contributed by atoms with Gasteiger partial charge in [-0.15, -0.1) is 12.4 Å². The van der Waals surface area contributed by atoms with Crippen LogP contribution in [0.5, 0.6) is 0 Å². The molecule has 1 saturated heterocycles. The molecule has 1 unspecified atom stereocenters. The first-order valence-electron chi connectivity index (χ1n) is 9.37. The summed E-state index contributed by atoms with van der Waals surface area (Å²) in [5, 5.41) is 3.32. The Balaban J connectivity index is 0.00000205. The van der Waals surface area contributed by atoms with E-state index in [9.17, 15) is 9.18 Å². The molecule has 1 fully saturated rings. The van der Waals surface area contributed by atoms with Crippen LogP contribution in [-0.2, 0) is 0 Å². The Morgan fingerprint density at radius 3 is 2.34 bits per heavy atom. The van der Waals surface area contributed by atoms with Crippen molar-refractivity contribution in [3.8, 4) is 16.8 Å². The van der Waals surface area contributed by atoms with Gasteiger partial charge in [-0.3, -0.25) is 9.13 Å². The zero-order valence-corrected chi connectivity index (χ0v) is 16.4. The molecule has 1 aliphatic rings. The van der Waals surface area contributed by atoms with Gasteiger partial charge in [0.1, 0.15) is 5.82 Å². The molecule has 0 aliphatic carbocycles. The molecule has 1 atom stereocenters. The summed E-state index contributed by atoms with van der Waals surface area (Å²) in [6, 6.07) is 18.0. The van der Waals surface area contributed by atoms with Crippen molar-refractivity contribution in [1.29, 1.82) is 0 Å². The van der Waals surface area contributed by atoms with E-state index in [0.717, 1.165) is 41.8 Å². The van der Waals surface area contributed by atoms with Gasteiger partial charge >= 0.3 is 5.69 Å². The highest BCUT2D eigenvalue weighted by molar-refractivity contribution is 5.85. The third kappa shape index (κ3) is 3.34. The highest BCUT2D eigenvalue weighted by Crippen LogP contribution is 2.24. The molecule has 0 spiro atoms. The maximum atomic E-state index is 13.3. The molecule has 3 heterocycles. The van der Waals surface area contributed by atoms with Crippen molar-refractivity contribution in [2.24, 2.45) is 0 Å². The first-order chi connectivity index (χ1) is 13.7. The molecule has 1 N–H and O–H groups in total. The second kappa shape index (κ2) is 7.81. The minimum atomic E-state index is -0.256. The van der Waals surface area contributed by atoms with Crippen LogP contribution in [0.4, 0.5) is 4.39 Å². The molecule has 5 nitrogen and oxygen atoms in total. The van der Waals surface area contributed by atoms with E-state index in [-0.39, 0.29) is 30.0 Å². The Labute approximate surface area is 173 Å². The number of imidazole rings is 1. The molecule has 4 aromatic rings. The molecule has 2 aromatic carbocycles. The monoisotopic (exact) mass is 410 g/mol. The molecule has 0 amide bonds. The van der Waals surface area contributed by atoms with Gasteiger partial charge in [0, 0.05) is 12.7 Å². The lowest BCUT2D eigenvalue weighted by Crippen LogP contribution is -2.28. The van der Waals surface area contributed by atoms with Gasteiger partial charge in [0.25, 0.3) is 0 Å². The Kier molecular flexibility index (Phi) is 5.22. The molecule has 0 radical (unpaired) electrons. The summed E-state index contributed by atoms with van der Waals surface area (Å²) in [6.07, 6.45) is 2.64. The SMILES string of the molecule is Cl.O=c1n(-c2ccc(-c3ccc(F)cc3)cc2)c2cccnc2n1C1CCNC1. The van der Waals surface area contributed by atoms with Crippen LogP contribution >= 0.6 is 12.4 Å². The van der Waals surface area contributed by atoms with Crippen LogP contribution in [0.15, 0.2) is 71.7 Å². The topological polar surface area (TPSA) is 51.9 Å². The molecular formula is C22H20ClFN4O. The van der Waals surface area contributed by atoms with Crippen molar-refractivity contribution in [2.45, 2.75) is 12.5 Å². The fourth-order valence-corrected chi connectivity index (χ4v) is 3.93. The zero-order chi connectivity index (χ0) is 19.1. The second-order valence-electron chi connectivity index (χ2n) is 7.03. The third-order valence-corrected chi connectivity index (χ3v) is 5.34. The van der Waals surface area contributed by atoms with Gasteiger partial charge in [-0.05, 0) is 60.5 Å². The Hall–Kier alpha value is -2.96. The summed E-state index contributed by atoms with van der Waals surface area (Å²) in [5.74, 6) is -0.256. The van der Waals surface area contributed by atoms with Crippen molar-refractivity contribution >= 4 is 23.6 Å². The predicted octanol–water partition coefficient (Wildman–Crippen LogP) is 3.95. The minimum absolute atomic E-state index is 0. The van der Waals surface area contributed by atoms with Crippen molar-refractivity contribution < 1.29 is 4.39 Å². The van der Waals surface area contributed by atoms with E-state index >= 15 is 0 Å². The fourth-order valence-electron chi connectivity index (χ4n) is 3.93. The lowest BCUT2D eigenvalue weighted by molar-refractivity contribution is 0.537. The normalized spacial score (nSPS) is 16.1. The molecule has 0 bridgehead atoms. The van der Waals surface area contributed by atoms with Gasteiger partial charge in [0.05, 0.1) is 17.2 Å². The van der Waals surface area contributed by atoms with Gasteiger partial charge in [-0.25, -0.2) is 14.2 Å². The van der Waals surface area contributed by atoms with Gasteiger partial charge < -0.3 is 5.32 Å². The van der Waals surface area contributed by atoms with Gasteiger partial charge in [-0.2, -0.15) is 0 Å². The number of nitrogens with zero attached hydrogens (tertiary/aromatic N) is 3. The number of rotatable bonds is 3. The smallest absolute Gasteiger partial charge is 0.315 e. The number of benzene rings is 2. The Morgan fingerprint density at radius 2 is 1.69 bits per heavy atom. The minimum Gasteiger partial charge on any atom is -0.315 e. The summed E-state index contributed by atoms with van der Waals surface area (Å²) >= 11 is 0. The molecular weight excluding hydrogens is 391 g/mol. The molecule has 148 valence electrons. The maximum absolute atomic E-state index is 13.3. The largest absolute Gasteiger partial charge is 0.335 e. The fraction of sp³-hybridized carbons (Fsp3) is 0.182. The van der Waals surface area contributed by atoms with E-state index in [1.54, 1.807) is 22.9 Å². The highest BCUT2D eigenvalue weighted by Gasteiger charge is 2.24. The summed E-state index contributed by atoms with van der Waals surface area (Å²) in [5.41, 5.74) is 4.13. The van der Waals surface area contributed by atoms with E-state index in [1.165, 1.54) is 12.1 Å². The van der Waals surface area contributed by atoms with E-state index in [4.69, 9.17) is 0 Å². The number of fused-ring (bicyclic) bond motifs is 1. The Morgan fingerprint density at radius 1 is 1.00 bits per heavy atom. The van der Waals surface area contributed by atoms with Crippen molar-refractivity contribution in [3.05, 3.63) is 83.2 Å². The van der Waals surface area contributed by atoms with Crippen molar-refractivity contribution in [1.82, 2.24) is 19.4 Å². The third-order valence-electron chi connectivity index (χ3n) is 5.34. The zero-order valence-electron chi connectivity index (χ0n) is 15.6. The summed E-state index contributed by atoms with van der Waals surface area (Å²) in [6.45, 7) is 1.68. The number of aromatic nitrogens is 3. The van der Waals surface area contributed by atoms with Crippen LogP contribution in [0.1, 0.15) is 12.5 Å².